The third-order valence-corrected chi connectivity index (χ3v) is 10.6. The molecular weight excluding hydrogens is 546 g/mol. The highest BCUT2D eigenvalue weighted by Crippen LogP contribution is 2.40. The van der Waals surface area contributed by atoms with Crippen LogP contribution in [0.4, 0.5) is 0 Å². The van der Waals surface area contributed by atoms with Crippen LogP contribution in [-0.4, -0.2) is 79.4 Å². The third kappa shape index (κ3) is 5.93. The minimum absolute atomic E-state index is 0.112. The summed E-state index contributed by atoms with van der Waals surface area (Å²) in [5.74, 6) is -0.506. The van der Waals surface area contributed by atoms with Gasteiger partial charge in [0.15, 0.2) is 0 Å². The van der Waals surface area contributed by atoms with Crippen LogP contribution in [-0.2, 0) is 19.6 Å². The lowest BCUT2D eigenvalue weighted by atomic mass is 9.88. The Morgan fingerprint density at radius 1 is 1.02 bits per heavy atom. The van der Waals surface area contributed by atoms with Crippen LogP contribution in [0.2, 0.25) is 0 Å². The second-order valence-electron chi connectivity index (χ2n) is 10.8. The number of aromatic nitrogens is 1. The first-order valence-electron chi connectivity index (χ1n) is 13.9. The van der Waals surface area contributed by atoms with Crippen molar-refractivity contribution in [3.8, 4) is 11.1 Å². The van der Waals surface area contributed by atoms with Crippen molar-refractivity contribution in [2.24, 2.45) is 5.92 Å². The van der Waals surface area contributed by atoms with Crippen LogP contribution in [0.1, 0.15) is 43.7 Å². The molecule has 9 nitrogen and oxygen atoms in total. The Balaban J connectivity index is 1.42. The Labute approximate surface area is 240 Å². The molecule has 11 heteroatoms. The Kier molecular flexibility index (Phi) is 8.55. The van der Waals surface area contributed by atoms with E-state index in [1.807, 2.05) is 29.2 Å². The number of para-hydroxylation sites is 1. The van der Waals surface area contributed by atoms with Gasteiger partial charge in [-0.1, -0.05) is 42.5 Å². The van der Waals surface area contributed by atoms with E-state index in [0.29, 0.717) is 32.5 Å². The second kappa shape index (κ2) is 11.9. The molecule has 2 aliphatic rings. The van der Waals surface area contributed by atoms with E-state index < -0.39 is 22.1 Å². The van der Waals surface area contributed by atoms with Crippen LogP contribution >= 0.6 is 11.3 Å². The van der Waals surface area contributed by atoms with Crippen molar-refractivity contribution in [3.63, 3.8) is 0 Å². The molecule has 2 N–H and O–H groups in total. The summed E-state index contributed by atoms with van der Waals surface area (Å²) in [6, 6.07) is 15.0. The Morgan fingerprint density at radius 2 is 1.75 bits per heavy atom. The number of carbonyl (C=O) groups is 2. The van der Waals surface area contributed by atoms with Crippen LogP contribution in [0.25, 0.3) is 21.3 Å². The van der Waals surface area contributed by atoms with Gasteiger partial charge in [-0.2, -0.15) is 0 Å². The number of fused-ring (bicyclic) bond motifs is 1. The van der Waals surface area contributed by atoms with E-state index in [4.69, 9.17) is 4.98 Å². The molecule has 0 saturated carbocycles. The van der Waals surface area contributed by atoms with Crippen molar-refractivity contribution in [2.75, 3.05) is 32.9 Å². The number of benzene rings is 2. The second-order valence-corrected chi connectivity index (χ2v) is 13.8. The van der Waals surface area contributed by atoms with E-state index in [1.165, 1.54) is 10.6 Å². The van der Waals surface area contributed by atoms with Gasteiger partial charge in [-0.25, -0.2) is 17.7 Å². The summed E-state index contributed by atoms with van der Waals surface area (Å²) in [5.41, 5.74) is 3.11. The average Bonchev–Trinajstić information content (AvgIpc) is 3.62. The number of nitrogens with zero attached hydrogens (tertiary/aromatic N) is 3. The number of hydrogen-bond donors (Lipinski definition) is 2. The predicted molar refractivity (Wildman–Crippen MR) is 158 cm³/mol. The number of likely N-dealkylation sites (N-methyl/N-ethyl adjacent to an activating group) is 1. The molecule has 2 aliphatic heterocycles. The fourth-order valence-corrected chi connectivity index (χ4v) is 7.77. The summed E-state index contributed by atoms with van der Waals surface area (Å²) in [7, 11) is -1.59. The molecule has 2 saturated heterocycles. The zero-order chi connectivity index (χ0) is 28.4. The average molecular weight is 584 g/mol. The monoisotopic (exact) mass is 583 g/mol. The number of amides is 2. The summed E-state index contributed by atoms with van der Waals surface area (Å²) in [6.45, 7) is 3.04. The van der Waals surface area contributed by atoms with Crippen molar-refractivity contribution >= 4 is 43.4 Å². The van der Waals surface area contributed by atoms with Crippen LogP contribution in [0.5, 0.6) is 0 Å². The highest BCUT2D eigenvalue weighted by molar-refractivity contribution is 7.88. The van der Waals surface area contributed by atoms with Gasteiger partial charge in [-0.15, -0.1) is 11.3 Å². The number of likely N-dealkylation sites (tertiary alicyclic amines) is 1. The summed E-state index contributed by atoms with van der Waals surface area (Å²) < 4.78 is 26.7. The van der Waals surface area contributed by atoms with E-state index in [2.05, 4.69) is 34.9 Å². The van der Waals surface area contributed by atoms with E-state index in [9.17, 15) is 18.0 Å². The van der Waals surface area contributed by atoms with E-state index in [1.54, 1.807) is 25.3 Å². The molecule has 5 rings (SSSR count). The number of carbonyl (C=O) groups excluding carboxylic acids is 2. The normalized spacial score (nSPS) is 20.5. The maximum atomic E-state index is 14.2. The highest BCUT2D eigenvalue weighted by atomic mass is 32.2. The van der Waals surface area contributed by atoms with Gasteiger partial charge in [0.05, 0.1) is 28.6 Å². The standard InChI is InChI=1S/C29H37N5O4S2/c1-19(30-2)27(35)31-25(21-14-17-33(18-15-21)40(3,37)38)29(36)34-16-8-12-23(34)28-32-26-22(11-7-13-24(26)39-28)20-9-5-4-6-10-20/h4-7,9-11,13,19,21,23,25,30H,8,12,14-18H2,1-3H3,(H,31,35)/t19-,23-,25-/m0/s1. The number of hydrogen-bond acceptors (Lipinski definition) is 7. The fraction of sp³-hybridized carbons (Fsp3) is 0.483. The smallest absolute Gasteiger partial charge is 0.246 e. The lowest BCUT2D eigenvalue weighted by Gasteiger charge is -2.37. The number of nitrogens with one attached hydrogen (secondary N) is 2. The molecule has 3 heterocycles. The molecule has 214 valence electrons. The van der Waals surface area contributed by atoms with Crippen molar-refractivity contribution in [2.45, 2.75) is 50.7 Å². The molecule has 3 atom stereocenters. The number of piperidine rings is 1. The SMILES string of the molecule is CN[C@@H](C)C(=O)N[C@H](C(=O)N1CCC[C@H]1c1nc2c(-c3ccccc3)cccc2s1)C1CCN(S(C)(=O)=O)CC1. The molecule has 0 unspecified atom stereocenters. The molecule has 2 fully saturated rings. The van der Waals surface area contributed by atoms with Crippen LogP contribution < -0.4 is 10.6 Å². The summed E-state index contributed by atoms with van der Waals surface area (Å²) in [5, 5.41) is 6.87. The molecule has 0 radical (unpaired) electrons. The van der Waals surface area contributed by atoms with Gasteiger partial charge in [-0.05, 0) is 57.2 Å². The van der Waals surface area contributed by atoms with Crippen LogP contribution in [0, 0.1) is 5.92 Å². The lowest BCUT2D eigenvalue weighted by Crippen LogP contribution is -2.57. The topological polar surface area (TPSA) is 112 Å². The maximum Gasteiger partial charge on any atom is 0.246 e. The van der Waals surface area contributed by atoms with Gasteiger partial charge in [0, 0.05) is 25.2 Å². The molecule has 0 aliphatic carbocycles. The van der Waals surface area contributed by atoms with E-state index in [0.717, 1.165) is 39.2 Å². The predicted octanol–water partition coefficient (Wildman–Crippen LogP) is 3.39. The molecular formula is C29H37N5O4S2. The first-order chi connectivity index (χ1) is 19.2. The van der Waals surface area contributed by atoms with Crippen LogP contribution in [0.3, 0.4) is 0 Å². The van der Waals surface area contributed by atoms with Gasteiger partial charge in [0.1, 0.15) is 11.0 Å². The van der Waals surface area contributed by atoms with Crippen molar-refractivity contribution in [3.05, 3.63) is 53.5 Å². The summed E-state index contributed by atoms with van der Waals surface area (Å²) in [6.07, 6.45) is 3.90. The zero-order valence-electron chi connectivity index (χ0n) is 23.2. The first kappa shape index (κ1) is 28.7. The van der Waals surface area contributed by atoms with Crippen LogP contribution in [0.15, 0.2) is 48.5 Å². The minimum atomic E-state index is -3.30. The van der Waals surface area contributed by atoms with E-state index >= 15 is 0 Å². The van der Waals surface area contributed by atoms with Gasteiger partial charge in [0.25, 0.3) is 0 Å². The molecule has 0 bridgehead atoms. The molecule has 3 aromatic rings. The molecule has 40 heavy (non-hydrogen) atoms. The number of rotatable bonds is 8. The molecule has 2 aromatic carbocycles. The van der Waals surface area contributed by atoms with Gasteiger partial charge in [0.2, 0.25) is 21.8 Å². The van der Waals surface area contributed by atoms with Crippen molar-refractivity contribution < 1.29 is 18.0 Å². The molecule has 1 aromatic heterocycles. The summed E-state index contributed by atoms with van der Waals surface area (Å²) >= 11 is 1.62. The lowest BCUT2D eigenvalue weighted by molar-refractivity contribution is -0.139. The molecule has 0 spiro atoms. The zero-order valence-corrected chi connectivity index (χ0v) is 24.8. The quantitative estimate of drug-likeness (QED) is 0.421. The van der Waals surface area contributed by atoms with Gasteiger partial charge < -0.3 is 15.5 Å². The van der Waals surface area contributed by atoms with Gasteiger partial charge >= 0.3 is 0 Å². The molecule has 2 amide bonds. The van der Waals surface area contributed by atoms with Crippen molar-refractivity contribution in [1.82, 2.24) is 24.8 Å². The largest absolute Gasteiger partial charge is 0.343 e. The summed E-state index contributed by atoms with van der Waals surface area (Å²) in [4.78, 5) is 34.1. The third-order valence-electron chi connectivity index (χ3n) is 8.17. The maximum absolute atomic E-state index is 14.2. The fourth-order valence-electron chi connectivity index (χ4n) is 5.76. The Hall–Kier alpha value is -2.86. The Morgan fingerprint density at radius 3 is 2.42 bits per heavy atom. The van der Waals surface area contributed by atoms with Crippen molar-refractivity contribution in [1.29, 1.82) is 0 Å². The van der Waals surface area contributed by atoms with E-state index in [-0.39, 0.29) is 23.8 Å². The number of thiazole rings is 1. The minimum Gasteiger partial charge on any atom is -0.343 e. The van der Waals surface area contributed by atoms with Gasteiger partial charge in [-0.3, -0.25) is 9.59 Å². The first-order valence-corrected chi connectivity index (χ1v) is 16.5. The number of sulfonamides is 1. The Bertz CT molecular complexity index is 1470. The highest BCUT2D eigenvalue weighted by Gasteiger charge is 2.41.